The van der Waals surface area contributed by atoms with E-state index in [-0.39, 0.29) is 5.91 Å². The summed E-state index contributed by atoms with van der Waals surface area (Å²) in [6, 6.07) is 14.4. The fourth-order valence-corrected chi connectivity index (χ4v) is 2.94. The van der Waals surface area contributed by atoms with E-state index in [1.165, 1.54) is 5.69 Å². The van der Waals surface area contributed by atoms with E-state index in [1.54, 1.807) is 0 Å². The lowest BCUT2D eigenvalue weighted by molar-refractivity contribution is -0.116. The molecule has 0 spiro atoms. The molecule has 2 aromatic rings. The third kappa shape index (κ3) is 4.04. The number of carbonyl (C=O) groups is 1. The number of aromatic nitrogens is 1. The van der Waals surface area contributed by atoms with Gasteiger partial charge in [0.1, 0.15) is 5.82 Å². The highest BCUT2D eigenvalue weighted by Crippen LogP contribution is 2.20. The summed E-state index contributed by atoms with van der Waals surface area (Å²) in [5.74, 6) is 0.648. The van der Waals surface area contributed by atoms with Gasteiger partial charge in [-0.05, 0) is 30.7 Å². The molecular formula is C19H24N4O. The van der Waals surface area contributed by atoms with Crippen molar-refractivity contribution >= 4 is 23.1 Å². The van der Waals surface area contributed by atoms with Gasteiger partial charge in [-0.15, -0.1) is 0 Å². The summed E-state index contributed by atoms with van der Waals surface area (Å²) in [5.41, 5.74) is 2.39. The van der Waals surface area contributed by atoms with Crippen molar-refractivity contribution in [1.82, 2.24) is 4.98 Å². The van der Waals surface area contributed by atoms with Gasteiger partial charge in [0.25, 0.3) is 0 Å². The van der Waals surface area contributed by atoms with Crippen LogP contribution in [0, 0.1) is 0 Å². The Morgan fingerprint density at radius 2 is 1.67 bits per heavy atom. The lowest BCUT2D eigenvalue weighted by atomic mass is 10.2. The van der Waals surface area contributed by atoms with Gasteiger partial charge in [-0.25, -0.2) is 4.98 Å². The van der Waals surface area contributed by atoms with E-state index in [4.69, 9.17) is 0 Å². The van der Waals surface area contributed by atoms with Crippen molar-refractivity contribution < 1.29 is 4.79 Å². The second-order valence-corrected chi connectivity index (χ2v) is 6.01. The van der Waals surface area contributed by atoms with E-state index in [1.807, 2.05) is 31.3 Å². The largest absolute Gasteiger partial charge is 0.368 e. The molecule has 24 heavy (non-hydrogen) atoms. The number of rotatable bonds is 5. The predicted octanol–water partition coefficient (Wildman–Crippen LogP) is 3.15. The van der Waals surface area contributed by atoms with Gasteiger partial charge >= 0.3 is 0 Å². The summed E-state index contributed by atoms with van der Waals surface area (Å²) in [4.78, 5) is 20.7. The molecule has 1 aromatic heterocycles. The molecule has 5 heteroatoms. The number of benzene rings is 1. The van der Waals surface area contributed by atoms with Crippen LogP contribution in [0.1, 0.15) is 19.8 Å². The van der Waals surface area contributed by atoms with Crippen LogP contribution in [-0.4, -0.2) is 37.1 Å². The molecule has 1 aromatic carbocycles. The standard InChI is InChI=1S/C19H24N4O/c1-2-6-19(24)21-18-10-9-17(15-20-18)23-13-11-22(12-14-23)16-7-4-3-5-8-16/h3-5,7-10,15H,2,6,11-14H2,1H3,(H,20,21,24). The molecular weight excluding hydrogens is 300 g/mol. The highest BCUT2D eigenvalue weighted by atomic mass is 16.1. The minimum Gasteiger partial charge on any atom is -0.368 e. The van der Waals surface area contributed by atoms with Crippen molar-refractivity contribution in [1.29, 1.82) is 0 Å². The Kier molecular flexibility index (Phi) is 5.31. The third-order valence-electron chi connectivity index (χ3n) is 4.26. The number of hydrogen-bond donors (Lipinski definition) is 1. The second kappa shape index (κ2) is 7.81. The van der Waals surface area contributed by atoms with Crippen molar-refractivity contribution in [2.75, 3.05) is 41.3 Å². The molecule has 1 amide bonds. The van der Waals surface area contributed by atoms with Crippen LogP contribution < -0.4 is 15.1 Å². The van der Waals surface area contributed by atoms with Crippen LogP contribution in [0.3, 0.4) is 0 Å². The zero-order chi connectivity index (χ0) is 16.8. The van der Waals surface area contributed by atoms with Crippen molar-refractivity contribution in [3.05, 3.63) is 48.7 Å². The minimum absolute atomic E-state index is 0.0224. The van der Waals surface area contributed by atoms with E-state index in [0.717, 1.165) is 38.3 Å². The Balaban J connectivity index is 1.55. The molecule has 0 atom stereocenters. The number of pyridine rings is 1. The van der Waals surface area contributed by atoms with E-state index in [9.17, 15) is 4.79 Å². The van der Waals surface area contributed by atoms with E-state index in [2.05, 4.69) is 44.4 Å². The van der Waals surface area contributed by atoms with E-state index >= 15 is 0 Å². The summed E-state index contributed by atoms with van der Waals surface area (Å²) < 4.78 is 0. The first kappa shape index (κ1) is 16.3. The van der Waals surface area contributed by atoms with E-state index < -0.39 is 0 Å². The maximum atomic E-state index is 11.6. The molecule has 0 radical (unpaired) electrons. The number of anilines is 3. The summed E-state index contributed by atoms with van der Waals surface area (Å²) in [5, 5.41) is 2.82. The fourth-order valence-electron chi connectivity index (χ4n) is 2.94. The Labute approximate surface area is 143 Å². The Morgan fingerprint density at radius 3 is 2.25 bits per heavy atom. The van der Waals surface area contributed by atoms with Gasteiger partial charge in [-0.3, -0.25) is 4.79 Å². The average Bonchev–Trinajstić information content (AvgIpc) is 2.63. The molecule has 1 N–H and O–H groups in total. The Bertz CT molecular complexity index is 649. The average molecular weight is 324 g/mol. The van der Waals surface area contributed by atoms with Gasteiger partial charge in [-0.1, -0.05) is 25.1 Å². The highest BCUT2D eigenvalue weighted by molar-refractivity contribution is 5.89. The zero-order valence-electron chi connectivity index (χ0n) is 14.1. The number of para-hydroxylation sites is 1. The maximum Gasteiger partial charge on any atom is 0.225 e. The van der Waals surface area contributed by atoms with Crippen LogP contribution in [0.2, 0.25) is 0 Å². The Morgan fingerprint density at radius 1 is 1.00 bits per heavy atom. The van der Waals surface area contributed by atoms with Crippen LogP contribution in [0.4, 0.5) is 17.2 Å². The van der Waals surface area contributed by atoms with Crippen molar-refractivity contribution in [3.63, 3.8) is 0 Å². The first-order valence-corrected chi connectivity index (χ1v) is 8.57. The summed E-state index contributed by atoms with van der Waals surface area (Å²) in [7, 11) is 0. The molecule has 1 aliphatic heterocycles. The van der Waals surface area contributed by atoms with Crippen LogP contribution in [-0.2, 0) is 4.79 Å². The number of nitrogens with zero attached hydrogens (tertiary/aromatic N) is 3. The van der Waals surface area contributed by atoms with Crippen molar-refractivity contribution in [3.8, 4) is 0 Å². The molecule has 5 nitrogen and oxygen atoms in total. The second-order valence-electron chi connectivity index (χ2n) is 6.01. The van der Waals surface area contributed by atoms with Crippen LogP contribution in [0.5, 0.6) is 0 Å². The van der Waals surface area contributed by atoms with Gasteiger partial charge < -0.3 is 15.1 Å². The smallest absolute Gasteiger partial charge is 0.225 e. The van der Waals surface area contributed by atoms with Crippen LogP contribution >= 0.6 is 0 Å². The number of nitrogens with one attached hydrogen (secondary N) is 1. The van der Waals surface area contributed by atoms with Crippen molar-refractivity contribution in [2.45, 2.75) is 19.8 Å². The molecule has 3 rings (SSSR count). The SMILES string of the molecule is CCCC(=O)Nc1ccc(N2CCN(c3ccccc3)CC2)cn1. The lowest BCUT2D eigenvalue weighted by Gasteiger charge is -2.37. The molecule has 0 aliphatic carbocycles. The quantitative estimate of drug-likeness (QED) is 0.918. The lowest BCUT2D eigenvalue weighted by Crippen LogP contribution is -2.46. The first-order chi connectivity index (χ1) is 11.8. The molecule has 2 heterocycles. The molecule has 0 bridgehead atoms. The summed E-state index contributed by atoms with van der Waals surface area (Å²) >= 11 is 0. The molecule has 1 saturated heterocycles. The number of piperazine rings is 1. The van der Waals surface area contributed by atoms with Crippen LogP contribution in [0.25, 0.3) is 0 Å². The fraction of sp³-hybridized carbons (Fsp3) is 0.368. The third-order valence-corrected chi connectivity index (χ3v) is 4.26. The predicted molar refractivity (Wildman–Crippen MR) is 98.6 cm³/mol. The summed E-state index contributed by atoms with van der Waals surface area (Å²) in [6.07, 6.45) is 3.22. The van der Waals surface area contributed by atoms with Gasteiger partial charge in [0.2, 0.25) is 5.91 Å². The monoisotopic (exact) mass is 324 g/mol. The van der Waals surface area contributed by atoms with Gasteiger partial charge in [0.15, 0.2) is 0 Å². The van der Waals surface area contributed by atoms with Gasteiger partial charge in [-0.2, -0.15) is 0 Å². The normalized spacial score (nSPS) is 14.5. The molecule has 126 valence electrons. The van der Waals surface area contributed by atoms with Crippen molar-refractivity contribution in [2.24, 2.45) is 0 Å². The number of carbonyl (C=O) groups excluding carboxylic acids is 1. The van der Waals surface area contributed by atoms with Gasteiger partial charge in [0, 0.05) is 38.3 Å². The number of amides is 1. The topological polar surface area (TPSA) is 48.5 Å². The van der Waals surface area contributed by atoms with E-state index in [0.29, 0.717) is 12.2 Å². The molecule has 0 saturated carbocycles. The Hall–Kier alpha value is -2.56. The van der Waals surface area contributed by atoms with Crippen LogP contribution in [0.15, 0.2) is 48.7 Å². The molecule has 0 unspecified atom stereocenters. The highest BCUT2D eigenvalue weighted by Gasteiger charge is 2.17. The molecule has 1 fully saturated rings. The first-order valence-electron chi connectivity index (χ1n) is 8.57. The zero-order valence-corrected chi connectivity index (χ0v) is 14.1. The number of hydrogen-bond acceptors (Lipinski definition) is 4. The maximum absolute atomic E-state index is 11.6. The summed E-state index contributed by atoms with van der Waals surface area (Å²) in [6.45, 7) is 5.93. The molecule has 1 aliphatic rings. The van der Waals surface area contributed by atoms with Gasteiger partial charge in [0.05, 0.1) is 11.9 Å². The minimum atomic E-state index is 0.0224.